The molecule has 0 saturated heterocycles. The van der Waals surface area contributed by atoms with Crippen LogP contribution in [0.4, 0.5) is 0 Å². The van der Waals surface area contributed by atoms with Crippen molar-refractivity contribution in [3.8, 4) is 17.2 Å². The number of hydrogen-bond donors (Lipinski definition) is 1. The Morgan fingerprint density at radius 3 is 2.66 bits per heavy atom. The van der Waals surface area contributed by atoms with Gasteiger partial charge in [0.05, 0.1) is 17.8 Å². The maximum atomic E-state index is 6.50. The minimum atomic E-state index is 0.398. The van der Waals surface area contributed by atoms with Crippen LogP contribution >= 0.6 is 11.6 Å². The van der Waals surface area contributed by atoms with E-state index in [4.69, 9.17) is 25.7 Å². The van der Waals surface area contributed by atoms with E-state index >= 15 is 0 Å². The minimum Gasteiger partial charge on any atom is -0.493 e. The van der Waals surface area contributed by atoms with Crippen molar-refractivity contribution < 1.29 is 9.15 Å². The highest BCUT2D eigenvalue weighted by atomic mass is 35.5. The second kappa shape index (κ2) is 8.97. The summed E-state index contributed by atoms with van der Waals surface area (Å²) in [5.74, 6) is 3.69. The monoisotopic (exact) mass is 452 g/mol. The molecule has 5 heteroatoms. The number of aromatic amines is 1. The molecular weight excluding hydrogens is 420 g/mol. The third-order valence-corrected chi connectivity index (χ3v) is 7.61. The molecule has 0 saturated carbocycles. The molecule has 2 aliphatic heterocycles. The van der Waals surface area contributed by atoms with Crippen molar-refractivity contribution in [1.82, 2.24) is 4.98 Å². The summed E-state index contributed by atoms with van der Waals surface area (Å²) in [5, 5.41) is 0.647. The second-order valence-electron chi connectivity index (χ2n) is 9.71. The van der Waals surface area contributed by atoms with Crippen LogP contribution in [0.15, 0.2) is 45.1 Å². The van der Waals surface area contributed by atoms with E-state index in [2.05, 4.69) is 24.9 Å². The van der Waals surface area contributed by atoms with Crippen LogP contribution in [-0.2, 0) is 0 Å². The quantitative estimate of drug-likeness (QED) is 0.509. The molecule has 4 bridgehead atoms. The summed E-state index contributed by atoms with van der Waals surface area (Å²) >= 11 is 6.39. The molecule has 4 aliphatic rings. The number of methoxy groups -OCH3 is 1. The Labute approximate surface area is 195 Å². The summed E-state index contributed by atoms with van der Waals surface area (Å²) in [4.78, 5) is 8.38. The second-order valence-corrected chi connectivity index (χ2v) is 10.1. The van der Waals surface area contributed by atoms with Gasteiger partial charge in [0.15, 0.2) is 17.3 Å². The average molecular weight is 453 g/mol. The maximum Gasteiger partial charge on any atom is 0.175 e. The minimum absolute atomic E-state index is 0.398. The summed E-state index contributed by atoms with van der Waals surface area (Å²) in [7, 11) is 1.71. The highest BCUT2D eigenvalue weighted by molar-refractivity contribution is 6.33. The van der Waals surface area contributed by atoms with Crippen LogP contribution in [0.1, 0.15) is 71.0 Å². The van der Waals surface area contributed by atoms with Gasteiger partial charge in [-0.1, -0.05) is 57.6 Å². The van der Waals surface area contributed by atoms with Crippen LogP contribution in [-0.4, -0.2) is 17.8 Å². The number of allylic oxidation sites excluding steroid dienone is 3. The van der Waals surface area contributed by atoms with Crippen molar-refractivity contribution in [2.75, 3.05) is 7.11 Å². The zero-order valence-corrected chi connectivity index (χ0v) is 20.1. The topological polar surface area (TPSA) is 50.5 Å². The number of aromatic nitrogens is 1. The summed E-state index contributed by atoms with van der Waals surface area (Å²) in [5.41, 5.74) is 5.80. The molecule has 0 amide bonds. The number of ether oxygens (including phenoxy) is 1. The summed E-state index contributed by atoms with van der Waals surface area (Å²) < 4.78 is 12.3. The number of furan rings is 1. The Morgan fingerprint density at radius 2 is 1.94 bits per heavy atom. The molecule has 2 atom stereocenters. The third-order valence-electron chi connectivity index (χ3n) is 7.29. The highest BCUT2D eigenvalue weighted by Gasteiger charge is 2.44. The molecule has 170 valence electrons. The van der Waals surface area contributed by atoms with Crippen molar-refractivity contribution in [1.29, 1.82) is 0 Å². The zero-order chi connectivity index (χ0) is 22.2. The molecule has 1 N–H and O–H groups in total. The number of rotatable bonds is 4. The molecular formula is C27H33ClN2O2. The van der Waals surface area contributed by atoms with Crippen LogP contribution in [0.2, 0.25) is 5.02 Å². The molecule has 0 aromatic carbocycles. The van der Waals surface area contributed by atoms with Crippen LogP contribution in [0.3, 0.4) is 0 Å². The molecule has 4 heterocycles. The molecule has 0 unspecified atom stereocenters. The van der Waals surface area contributed by atoms with Crippen molar-refractivity contribution in [3.05, 3.63) is 46.5 Å². The lowest BCUT2D eigenvalue weighted by Crippen LogP contribution is -2.19. The number of fused-ring (bicyclic) bond motifs is 7. The fourth-order valence-corrected chi connectivity index (χ4v) is 6.05. The molecule has 4 nitrogen and oxygen atoms in total. The van der Waals surface area contributed by atoms with Gasteiger partial charge in [0.25, 0.3) is 0 Å². The van der Waals surface area contributed by atoms with Gasteiger partial charge in [0.2, 0.25) is 0 Å². The fraction of sp³-hybridized carbons (Fsp3) is 0.519. The van der Waals surface area contributed by atoms with Crippen molar-refractivity contribution in [2.24, 2.45) is 22.7 Å². The van der Waals surface area contributed by atoms with Crippen LogP contribution in [0, 0.1) is 17.8 Å². The third kappa shape index (κ3) is 3.77. The Morgan fingerprint density at radius 1 is 1.16 bits per heavy atom. The van der Waals surface area contributed by atoms with E-state index in [9.17, 15) is 0 Å². The van der Waals surface area contributed by atoms with Gasteiger partial charge in [-0.25, -0.2) is 0 Å². The number of aliphatic imine (C=N–C) groups is 1. The van der Waals surface area contributed by atoms with E-state index in [0.29, 0.717) is 28.5 Å². The van der Waals surface area contributed by atoms with E-state index in [1.54, 1.807) is 7.11 Å². The normalized spacial score (nSPS) is 23.8. The van der Waals surface area contributed by atoms with Gasteiger partial charge >= 0.3 is 0 Å². The van der Waals surface area contributed by atoms with Gasteiger partial charge in [0, 0.05) is 23.5 Å². The molecule has 2 aliphatic carbocycles. The largest absolute Gasteiger partial charge is 0.493 e. The standard InChI is InChI=1S/C27H33ClN2O2/c1-16(2)23-18-11-9-7-5-4-6-8-10-17-14-19(23)25(30-17)24(18)27-22(31-3)15-21(32-27)26-20(28)12-13-29-26/h12-16,18,23,29H,4-11H2,1-3H3/t18-,23+/m0/s1. The van der Waals surface area contributed by atoms with Gasteiger partial charge < -0.3 is 14.1 Å². The van der Waals surface area contributed by atoms with E-state index < -0.39 is 0 Å². The molecule has 2 aromatic heterocycles. The highest BCUT2D eigenvalue weighted by Crippen LogP contribution is 2.56. The zero-order valence-electron chi connectivity index (χ0n) is 19.3. The lowest BCUT2D eigenvalue weighted by molar-refractivity contribution is 0.341. The van der Waals surface area contributed by atoms with Crippen molar-refractivity contribution in [3.63, 3.8) is 0 Å². The summed E-state index contributed by atoms with van der Waals surface area (Å²) in [6.45, 7) is 4.69. The molecule has 6 rings (SSSR count). The first-order chi connectivity index (χ1) is 15.6. The lowest BCUT2D eigenvalue weighted by atomic mass is 9.77. The van der Waals surface area contributed by atoms with Crippen molar-refractivity contribution >= 4 is 22.9 Å². The predicted octanol–water partition coefficient (Wildman–Crippen LogP) is 8.07. The Bertz CT molecular complexity index is 1090. The van der Waals surface area contributed by atoms with Crippen LogP contribution in [0.25, 0.3) is 17.0 Å². The predicted molar refractivity (Wildman–Crippen MR) is 131 cm³/mol. The molecule has 0 radical (unpaired) electrons. The number of halogens is 1. The number of hydrogen-bond acceptors (Lipinski definition) is 3. The van der Waals surface area contributed by atoms with E-state index in [0.717, 1.165) is 35.7 Å². The molecule has 2 aromatic rings. The number of nitrogens with one attached hydrogen (secondary N) is 1. The van der Waals surface area contributed by atoms with E-state index in [1.807, 2.05) is 18.3 Å². The summed E-state index contributed by atoms with van der Waals surface area (Å²) in [6, 6.07) is 3.80. The number of H-pyrrole nitrogens is 1. The maximum absolute atomic E-state index is 6.50. The van der Waals surface area contributed by atoms with Crippen LogP contribution < -0.4 is 4.74 Å². The first kappa shape index (κ1) is 21.6. The van der Waals surface area contributed by atoms with Gasteiger partial charge in [-0.3, -0.25) is 4.99 Å². The smallest absolute Gasteiger partial charge is 0.175 e. The first-order valence-electron chi connectivity index (χ1n) is 12.1. The molecule has 0 spiro atoms. The van der Waals surface area contributed by atoms with Gasteiger partial charge in [0.1, 0.15) is 5.69 Å². The van der Waals surface area contributed by atoms with E-state index in [1.165, 1.54) is 55.4 Å². The Hall–Kier alpha value is -2.20. The lowest BCUT2D eigenvalue weighted by Gasteiger charge is -2.26. The number of nitrogens with zero attached hydrogens (tertiary/aromatic N) is 1. The van der Waals surface area contributed by atoms with Gasteiger partial charge in [-0.05, 0) is 54.7 Å². The first-order valence-corrected chi connectivity index (χ1v) is 12.5. The van der Waals surface area contributed by atoms with Gasteiger partial charge in [-0.15, -0.1) is 0 Å². The van der Waals surface area contributed by atoms with Gasteiger partial charge in [-0.2, -0.15) is 0 Å². The molecule has 32 heavy (non-hydrogen) atoms. The fourth-order valence-electron chi connectivity index (χ4n) is 5.84. The van der Waals surface area contributed by atoms with E-state index in [-0.39, 0.29) is 0 Å². The van der Waals surface area contributed by atoms with Crippen molar-refractivity contribution in [2.45, 2.75) is 65.2 Å². The summed E-state index contributed by atoms with van der Waals surface area (Å²) in [6.07, 6.45) is 14.2. The van der Waals surface area contributed by atoms with Crippen LogP contribution in [0.5, 0.6) is 5.75 Å². The average Bonchev–Trinajstić information content (AvgIpc) is 3.51. The Kier molecular flexibility index (Phi) is 6.07. The molecule has 0 fully saturated rings. The Balaban J connectivity index is 1.65. The SMILES string of the molecule is COc1cc(-c2[nH]ccc2Cl)oc1C1=C2N=C3C=C2[C@H](C(C)C)[C@@H]1CCCCCCCC3.